The molecule has 33 heavy (non-hydrogen) atoms. The van der Waals surface area contributed by atoms with E-state index in [1.54, 1.807) is 0 Å². The SMILES string of the molecule is CCCCCC(CCC)COC(=O)C(CC(=O)[O-])(CC(CCC)CCCCC)S(=O)(=O)O.[Na+]. The first kappa shape index (κ1) is 35.0. The van der Waals surface area contributed by atoms with Crippen LogP contribution >= 0.6 is 0 Å². The first-order chi connectivity index (χ1) is 15.1. The molecule has 0 saturated carbocycles. The van der Waals surface area contributed by atoms with Crippen molar-refractivity contribution in [3.63, 3.8) is 0 Å². The van der Waals surface area contributed by atoms with E-state index >= 15 is 0 Å². The van der Waals surface area contributed by atoms with Gasteiger partial charge in [-0.15, -0.1) is 0 Å². The van der Waals surface area contributed by atoms with Gasteiger partial charge in [-0.2, -0.15) is 8.42 Å². The zero-order valence-electron chi connectivity index (χ0n) is 21.6. The number of aliphatic carboxylic acids is 1. The molecule has 0 bridgehead atoms. The number of rotatable bonds is 20. The summed E-state index contributed by atoms with van der Waals surface area (Å²) in [4.78, 5) is 24.6. The number of carbonyl (C=O) groups is 2. The van der Waals surface area contributed by atoms with Gasteiger partial charge in [0.05, 0.1) is 6.61 Å². The second-order valence-corrected chi connectivity index (χ2v) is 10.9. The zero-order chi connectivity index (χ0) is 24.6. The normalized spacial score (nSPS) is 15.2. The Kier molecular flexibility index (Phi) is 20.3. The Labute approximate surface area is 223 Å². The van der Waals surface area contributed by atoms with Gasteiger partial charge in [-0.1, -0.05) is 91.9 Å². The summed E-state index contributed by atoms with van der Waals surface area (Å²) in [5, 5.41) is 11.5. The topological polar surface area (TPSA) is 121 Å². The number of carbonyl (C=O) groups excluding carboxylic acids is 2. The van der Waals surface area contributed by atoms with Crippen molar-refractivity contribution in [3.8, 4) is 0 Å². The number of esters is 1. The second-order valence-electron chi connectivity index (χ2n) is 9.12. The molecule has 3 unspecified atom stereocenters. The molecule has 0 aromatic heterocycles. The van der Waals surface area contributed by atoms with Crippen LogP contribution in [0.4, 0.5) is 0 Å². The van der Waals surface area contributed by atoms with Crippen LogP contribution in [0.5, 0.6) is 0 Å². The van der Waals surface area contributed by atoms with E-state index < -0.39 is 33.2 Å². The minimum atomic E-state index is -5.04. The molecule has 0 rings (SSSR count). The van der Waals surface area contributed by atoms with Crippen LogP contribution in [0.1, 0.15) is 118 Å². The van der Waals surface area contributed by atoms with Crippen molar-refractivity contribution in [1.82, 2.24) is 0 Å². The third-order valence-corrected chi connectivity index (χ3v) is 7.66. The molecule has 0 amide bonds. The second kappa shape index (κ2) is 19.1. The largest absolute Gasteiger partial charge is 1.00 e. The summed E-state index contributed by atoms with van der Waals surface area (Å²) >= 11 is 0. The van der Waals surface area contributed by atoms with Gasteiger partial charge < -0.3 is 14.6 Å². The van der Waals surface area contributed by atoms with E-state index in [1.165, 1.54) is 0 Å². The minimum absolute atomic E-state index is 0. The molecule has 0 heterocycles. The molecule has 0 spiro atoms. The summed E-state index contributed by atoms with van der Waals surface area (Å²) in [5.41, 5.74) is 0. The number of carboxylic acids is 1. The summed E-state index contributed by atoms with van der Waals surface area (Å²) in [6.07, 6.45) is 9.15. The van der Waals surface area contributed by atoms with Crippen LogP contribution in [0.3, 0.4) is 0 Å². The maximum atomic E-state index is 13.1. The van der Waals surface area contributed by atoms with Crippen molar-refractivity contribution in [2.75, 3.05) is 6.61 Å². The van der Waals surface area contributed by atoms with Crippen molar-refractivity contribution < 1.29 is 62.0 Å². The Balaban J connectivity index is 0. The molecular weight excluding hydrogens is 455 g/mol. The zero-order valence-corrected chi connectivity index (χ0v) is 24.4. The Bertz CT molecular complexity index is 639. The van der Waals surface area contributed by atoms with Gasteiger partial charge in [0.25, 0.3) is 10.1 Å². The fourth-order valence-corrected chi connectivity index (χ4v) is 5.41. The third-order valence-electron chi connectivity index (χ3n) is 6.19. The number of ether oxygens (including phenoxy) is 1. The number of hydrogen-bond donors (Lipinski definition) is 1. The minimum Gasteiger partial charge on any atom is -0.550 e. The molecule has 7 nitrogen and oxygen atoms in total. The van der Waals surface area contributed by atoms with Crippen molar-refractivity contribution in [2.45, 2.75) is 122 Å². The summed E-state index contributed by atoms with van der Waals surface area (Å²) in [6.45, 7) is 8.15. The first-order valence-corrected chi connectivity index (χ1v) is 13.9. The molecule has 1 N–H and O–H groups in total. The van der Waals surface area contributed by atoms with E-state index in [2.05, 4.69) is 13.8 Å². The summed E-state index contributed by atoms with van der Waals surface area (Å²) in [7, 11) is -5.04. The first-order valence-electron chi connectivity index (χ1n) is 12.4. The van der Waals surface area contributed by atoms with Crippen LogP contribution in [0.25, 0.3) is 0 Å². The van der Waals surface area contributed by atoms with Crippen molar-refractivity contribution in [1.29, 1.82) is 0 Å². The summed E-state index contributed by atoms with van der Waals surface area (Å²) < 4.78 is 37.8. The molecule has 0 aliphatic carbocycles. The van der Waals surface area contributed by atoms with E-state index in [0.717, 1.165) is 64.2 Å². The molecule has 3 atom stereocenters. The molecule has 190 valence electrons. The van der Waals surface area contributed by atoms with Gasteiger partial charge in [-0.3, -0.25) is 9.35 Å². The van der Waals surface area contributed by atoms with Crippen LogP contribution in [-0.2, 0) is 24.4 Å². The molecule has 0 aliphatic rings. The van der Waals surface area contributed by atoms with Gasteiger partial charge in [-0.25, -0.2) is 0 Å². The monoisotopic (exact) mass is 500 g/mol. The number of unbranched alkanes of at least 4 members (excludes halogenated alkanes) is 4. The van der Waals surface area contributed by atoms with E-state index in [0.29, 0.717) is 12.8 Å². The number of hydrogen-bond acceptors (Lipinski definition) is 6. The molecule has 0 aliphatic heterocycles. The predicted molar refractivity (Wildman–Crippen MR) is 125 cm³/mol. The van der Waals surface area contributed by atoms with Crippen molar-refractivity contribution in [3.05, 3.63) is 0 Å². The van der Waals surface area contributed by atoms with Gasteiger partial charge in [0.1, 0.15) is 0 Å². The Hall–Kier alpha value is -0.150. The van der Waals surface area contributed by atoms with Crippen molar-refractivity contribution in [2.24, 2.45) is 11.8 Å². The van der Waals surface area contributed by atoms with Gasteiger partial charge >= 0.3 is 35.5 Å². The average molecular weight is 501 g/mol. The number of carboxylic acid groups (broad SMARTS) is 1. The van der Waals surface area contributed by atoms with Gasteiger partial charge in [-0.05, 0) is 31.1 Å². The molecule has 0 saturated heterocycles. The van der Waals surface area contributed by atoms with E-state index in [1.807, 2.05) is 13.8 Å². The molecule has 0 aromatic rings. The molecule has 0 fully saturated rings. The van der Waals surface area contributed by atoms with Crippen molar-refractivity contribution >= 4 is 22.1 Å². The Morgan fingerprint density at radius 2 is 1.33 bits per heavy atom. The molecule has 0 aromatic carbocycles. The third kappa shape index (κ3) is 13.5. The molecule has 0 radical (unpaired) electrons. The van der Waals surface area contributed by atoms with Gasteiger partial charge in [0, 0.05) is 12.4 Å². The van der Waals surface area contributed by atoms with Gasteiger partial charge in [0.15, 0.2) is 4.75 Å². The Morgan fingerprint density at radius 1 is 0.848 bits per heavy atom. The fraction of sp³-hybridized carbons (Fsp3) is 0.917. The standard InChI is InChI=1S/C24H46O7S.Na/c1-5-9-11-15-20(13-7-3)17-24(18-22(25)26,32(28,29)30)23(27)31-19-21(14-8-4)16-12-10-6-2;/h20-21H,5-19H2,1-4H3,(H,25,26)(H,28,29,30);/q;+1/p-1. The molecular formula is C24H45NaO7S. The van der Waals surface area contributed by atoms with E-state index in [4.69, 9.17) is 4.74 Å². The maximum absolute atomic E-state index is 13.1. The molecule has 9 heteroatoms. The van der Waals surface area contributed by atoms with Gasteiger partial charge in [0.2, 0.25) is 0 Å². The maximum Gasteiger partial charge on any atom is 1.00 e. The van der Waals surface area contributed by atoms with Crippen LogP contribution in [0.2, 0.25) is 0 Å². The van der Waals surface area contributed by atoms with E-state index in [-0.39, 0.29) is 54.4 Å². The fourth-order valence-electron chi connectivity index (χ4n) is 4.40. The Morgan fingerprint density at radius 3 is 1.76 bits per heavy atom. The predicted octanol–water partition coefficient (Wildman–Crippen LogP) is 1.68. The van der Waals surface area contributed by atoms with Crippen LogP contribution in [-0.4, -0.2) is 36.3 Å². The van der Waals surface area contributed by atoms with Crippen LogP contribution in [0.15, 0.2) is 0 Å². The van der Waals surface area contributed by atoms with Crippen LogP contribution in [0, 0.1) is 11.8 Å². The summed E-state index contributed by atoms with van der Waals surface area (Å²) in [5.74, 6) is -3.00. The van der Waals surface area contributed by atoms with Crippen LogP contribution < -0.4 is 34.7 Å². The van der Waals surface area contributed by atoms with E-state index in [9.17, 15) is 27.7 Å². The summed E-state index contributed by atoms with van der Waals surface area (Å²) in [6, 6.07) is 0. The average Bonchev–Trinajstić information content (AvgIpc) is 2.70. The quantitative estimate of drug-likeness (QED) is 0.117. The smallest absolute Gasteiger partial charge is 0.550 e.